The van der Waals surface area contributed by atoms with E-state index >= 15 is 0 Å². The van der Waals surface area contributed by atoms with Crippen LogP contribution in [0.2, 0.25) is 0 Å². The minimum Gasteiger partial charge on any atom is -0.506 e. The highest BCUT2D eigenvalue weighted by Gasteiger charge is 2.05. The van der Waals surface area contributed by atoms with Crippen molar-refractivity contribution in [2.75, 3.05) is 0 Å². The smallest absolute Gasteiger partial charge is 0.159 e. The summed E-state index contributed by atoms with van der Waals surface area (Å²) < 4.78 is 25.6. The minimum absolute atomic E-state index is 0.0165. The number of nitrogens with zero attached hydrogens (tertiary/aromatic N) is 1. The summed E-state index contributed by atoms with van der Waals surface area (Å²) in [6.07, 6.45) is 2.73. The first kappa shape index (κ1) is 9.58. The van der Waals surface area contributed by atoms with E-state index in [9.17, 15) is 8.78 Å². The lowest BCUT2D eigenvalue weighted by molar-refractivity contribution is 0.473. The summed E-state index contributed by atoms with van der Waals surface area (Å²) in [6.45, 7) is 0. The summed E-state index contributed by atoms with van der Waals surface area (Å²) in [5, 5.41) is 9.17. The Morgan fingerprint density at radius 2 is 1.73 bits per heavy atom. The maximum atomic E-state index is 12.9. The van der Waals surface area contributed by atoms with Crippen molar-refractivity contribution in [2.45, 2.75) is 0 Å². The van der Waals surface area contributed by atoms with Gasteiger partial charge in [0.2, 0.25) is 0 Å². The van der Waals surface area contributed by atoms with Gasteiger partial charge in [-0.1, -0.05) is 6.07 Å². The molecule has 4 heteroatoms. The Labute approximate surface area is 84.8 Å². The molecule has 15 heavy (non-hydrogen) atoms. The zero-order valence-electron chi connectivity index (χ0n) is 7.61. The quantitative estimate of drug-likeness (QED) is 0.779. The average molecular weight is 207 g/mol. The van der Waals surface area contributed by atoms with Crippen LogP contribution in [-0.4, -0.2) is 10.1 Å². The van der Waals surface area contributed by atoms with Gasteiger partial charge in [0, 0.05) is 11.8 Å². The molecule has 0 fully saturated rings. The number of pyridine rings is 1. The molecule has 2 aromatic rings. The van der Waals surface area contributed by atoms with Crippen molar-refractivity contribution < 1.29 is 13.9 Å². The van der Waals surface area contributed by atoms with E-state index in [4.69, 9.17) is 5.11 Å². The van der Waals surface area contributed by atoms with Gasteiger partial charge in [-0.3, -0.25) is 4.98 Å². The Hall–Kier alpha value is -1.97. The van der Waals surface area contributed by atoms with Crippen LogP contribution < -0.4 is 0 Å². The topological polar surface area (TPSA) is 33.1 Å². The molecule has 0 saturated heterocycles. The zero-order valence-corrected chi connectivity index (χ0v) is 7.61. The van der Waals surface area contributed by atoms with Gasteiger partial charge in [-0.05, 0) is 23.8 Å². The molecule has 1 aromatic carbocycles. The third-order valence-corrected chi connectivity index (χ3v) is 1.98. The van der Waals surface area contributed by atoms with Crippen LogP contribution >= 0.6 is 0 Å². The normalized spacial score (nSPS) is 10.3. The van der Waals surface area contributed by atoms with Gasteiger partial charge in [-0.2, -0.15) is 0 Å². The van der Waals surface area contributed by atoms with Gasteiger partial charge < -0.3 is 5.11 Å². The molecule has 1 heterocycles. The van der Waals surface area contributed by atoms with Crippen LogP contribution in [0, 0.1) is 11.6 Å². The molecule has 0 radical (unpaired) electrons. The molecular formula is C11H7F2NO. The second kappa shape index (κ2) is 3.65. The second-order valence-electron chi connectivity index (χ2n) is 3.06. The van der Waals surface area contributed by atoms with Gasteiger partial charge >= 0.3 is 0 Å². The molecular weight excluding hydrogens is 200 g/mol. The molecule has 1 N–H and O–H groups in total. The molecule has 1 aromatic heterocycles. The van der Waals surface area contributed by atoms with E-state index in [1.807, 2.05) is 0 Å². The summed E-state index contributed by atoms with van der Waals surface area (Å²) >= 11 is 0. The van der Waals surface area contributed by atoms with Crippen molar-refractivity contribution >= 4 is 0 Å². The largest absolute Gasteiger partial charge is 0.506 e. The average Bonchev–Trinajstić information content (AvgIpc) is 2.22. The summed E-state index contributed by atoms with van der Waals surface area (Å²) in [7, 11) is 0. The van der Waals surface area contributed by atoms with Crippen LogP contribution in [0.4, 0.5) is 8.78 Å². The Bertz CT molecular complexity index is 500. The van der Waals surface area contributed by atoms with E-state index in [0.29, 0.717) is 11.1 Å². The summed E-state index contributed by atoms with van der Waals surface area (Å²) in [5.41, 5.74) is 1.01. The highest BCUT2D eigenvalue weighted by Crippen LogP contribution is 2.23. The van der Waals surface area contributed by atoms with Crippen LogP contribution in [0.15, 0.2) is 36.7 Å². The van der Waals surface area contributed by atoms with Crippen molar-refractivity contribution in [1.82, 2.24) is 4.98 Å². The molecule has 0 aliphatic heterocycles. The molecule has 0 aliphatic carbocycles. The molecule has 2 nitrogen and oxygen atoms in total. The summed E-state index contributed by atoms with van der Waals surface area (Å²) in [5.74, 6) is -1.83. The standard InChI is InChI=1S/C11H7F2NO/c12-10-2-1-7(4-11(10)13)8-3-9(15)6-14-5-8/h1-6,15H. The van der Waals surface area contributed by atoms with Crippen molar-refractivity contribution in [1.29, 1.82) is 0 Å². The predicted molar refractivity (Wildman–Crippen MR) is 51.3 cm³/mol. The highest BCUT2D eigenvalue weighted by molar-refractivity contribution is 5.63. The second-order valence-corrected chi connectivity index (χ2v) is 3.06. The SMILES string of the molecule is Oc1cncc(-c2ccc(F)c(F)c2)c1. The molecule has 76 valence electrons. The fourth-order valence-electron chi connectivity index (χ4n) is 1.26. The monoisotopic (exact) mass is 207 g/mol. The Morgan fingerprint density at radius 1 is 0.933 bits per heavy atom. The van der Waals surface area contributed by atoms with Crippen molar-refractivity contribution in [3.05, 3.63) is 48.3 Å². The number of aromatic nitrogens is 1. The molecule has 2 rings (SSSR count). The molecule has 0 unspecified atom stereocenters. The first-order valence-electron chi connectivity index (χ1n) is 4.26. The lowest BCUT2D eigenvalue weighted by Gasteiger charge is -2.02. The maximum absolute atomic E-state index is 12.9. The van der Waals surface area contributed by atoms with Crippen LogP contribution in [0.1, 0.15) is 0 Å². The van der Waals surface area contributed by atoms with Crippen LogP contribution in [0.3, 0.4) is 0 Å². The van der Waals surface area contributed by atoms with Crippen LogP contribution in [0.25, 0.3) is 11.1 Å². The van der Waals surface area contributed by atoms with Gasteiger partial charge in [0.25, 0.3) is 0 Å². The Morgan fingerprint density at radius 3 is 2.40 bits per heavy atom. The van der Waals surface area contributed by atoms with E-state index in [2.05, 4.69) is 4.98 Å². The fourth-order valence-corrected chi connectivity index (χ4v) is 1.26. The summed E-state index contributed by atoms with van der Waals surface area (Å²) in [6, 6.07) is 4.95. The zero-order chi connectivity index (χ0) is 10.8. The molecule has 0 spiro atoms. The van der Waals surface area contributed by atoms with Gasteiger partial charge in [-0.15, -0.1) is 0 Å². The molecule has 0 bridgehead atoms. The number of hydrogen-bond donors (Lipinski definition) is 1. The van der Waals surface area contributed by atoms with E-state index < -0.39 is 11.6 Å². The Balaban J connectivity index is 2.50. The van der Waals surface area contributed by atoms with E-state index in [1.165, 1.54) is 24.5 Å². The van der Waals surface area contributed by atoms with Gasteiger partial charge in [0.05, 0.1) is 6.20 Å². The van der Waals surface area contributed by atoms with Crippen molar-refractivity contribution in [3.8, 4) is 16.9 Å². The van der Waals surface area contributed by atoms with Crippen LogP contribution in [0.5, 0.6) is 5.75 Å². The third kappa shape index (κ3) is 1.93. The first-order chi connectivity index (χ1) is 7.16. The molecule has 0 amide bonds. The van der Waals surface area contributed by atoms with Crippen molar-refractivity contribution in [2.24, 2.45) is 0 Å². The van der Waals surface area contributed by atoms with Gasteiger partial charge in [-0.25, -0.2) is 8.78 Å². The minimum atomic E-state index is -0.921. The van der Waals surface area contributed by atoms with Gasteiger partial charge in [0.15, 0.2) is 11.6 Å². The van der Waals surface area contributed by atoms with E-state index in [0.717, 1.165) is 12.1 Å². The summed E-state index contributed by atoms with van der Waals surface area (Å²) in [4.78, 5) is 3.75. The number of benzene rings is 1. The third-order valence-electron chi connectivity index (χ3n) is 1.98. The number of aromatic hydroxyl groups is 1. The maximum Gasteiger partial charge on any atom is 0.159 e. The predicted octanol–water partition coefficient (Wildman–Crippen LogP) is 2.73. The fraction of sp³-hybridized carbons (Fsp3) is 0. The van der Waals surface area contributed by atoms with E-state index in [-0.39, 0.29) is 5.75 Å². The lowest BCUT2D eigenvalue weighted by atomic mass is 10.1. The van der Waals surface area contributed by atoms with E-state index in [1.54, 1.807) is 0 Å². The van der Waals surface area contributed by atoms with Crippen molar-refractivity contribution in [3.63, 3.8) is 0 Å². The number of rotatable bonds is 1. The van der Waals surface area contributed by atoms with Gasteiger partial charge in [0.1, 0.15) is 5.75 Å². The number of hydrogen-bond acceptors (Lipinski definition) is 2. The molecule has 0 atom stereocenters. The van der Waals surface area contributed by atoms with Crippen LogP contribution in [-0.2, 0) is 0 Å². The molecule has 0 aliphatic rings. The Kier molecular flexibility index (Phi) is 2.33. The number of halogens is 2. The lowest BCUT2D eigenvalue weighted by Crippen LogP contribution is -1.85. The molecule has 0 saturated carbocycles. The highest BCUT2D eigenvalue weighted by atomic mass is 19.2. The first-order valence-corrected chi connectivity index (χ1v) is 4.26.